The van der Waals surface area contributed by atoms with Crippen molar-refractivity contribution in [3.05, 3.63) is 29.6 Å². The van der Waals surface area contributed by atoms with E-state index in [4.69, 9.17) is 10.00 Å². The molecule has 6 heteroatoms. The molecule has 1 saturated heterocycles. The first kappa shape index (κ1) is 14.1. The Labute approximate surface area is 117 Å². The van der Waals surface area contributed by atoms with Crippen molar-refractivity contribution in [2.45, 2.75) is 6.92 Å². The summed E-state index contributed by atoms with van der Waals surface area (Å²) in [5.41, 5.74) is 0.768. The van der Waals surface area contributed by atoms with Gasteiger partial charge in [0.2, 0.25) is 0 Å². The number of amides is 1. The van der Waals surface area contributed by atoms with Gasteiger partial charge in [0, 0.05) is 31.9 Å². The zero-order valence-electron chi connectivity index (χ0n) is 11.3. The van der Waals surface area contributed by atoms with Gasteiger partial charge in [-0.1, -0.05) is 0 Å². The number of piperazine rings is 1. The van der Waals surface area contributed by atoms with E-state index >= 15 is 0 Å². The van der Waals surface area contributed by atoms with Gasteiger partial charge in [-0.05, 0) is 25.1 Å². The fourth-order valence-electron chi connectivity index (χ4n) is 2.15. The van der Waals surface area contributed by atoms with Gasteiger partial charge in [-0.2, -0.15) is 5.26 Å². The summed E-state index contributed by atoms with van der Waals surface area (Å²) in [6.45, 7) is 4.45. The minimum absolute atomic E-state index is 0.0407. The van der Waals surface area contributed by atoms with Gasteiger partial charge in [0.05, 0.1) is 12.2 Å². The van der Waals surface area contributed by atoms with Gasteiger partial charge in [0.15, 0.2) is 0 Å². The number of ether oxygens (including phenoxy) is 1. The molecule has 0 N–H and O–H groups in total. The molecule has 1 heterocycles. The first-order valence-corrected chi connectivity index (χ1v) is 6.52. The number of anilines is 1. The van der Waals surface area contributed by atoms with Gasteiger partial charge in [-0.15, -0.1) is 0 Å². The minimum Gasteiger partial charge on any atom is -0.450 e. The van der Waals surface area contributed by atoms with Crippen LogP contribution in [-0.2, 0) is 4.74 Å². The van der Waals surface area contributed by atoms with Crippen LogP contribution < -0.4 is 4.90 Å². The van der Waals surface area contributed by atoms with Crippen molar-refractivity contribution in [1.29, 1.82) is 5.26 Å². The summed E-state index contributed by atoms with van der Waals surface area (Å²) in [5, 5.41) is 8.70. The summed E-state index contributed by atoms with van der Waals surface area (Å²) in [7, 11) is 0. The topological polar surface area (TPSA) is 56.6 Å². The highest BCUT2D eigenvalue weighted by molar-refractivity contribution is 5.68. The summed E-state index contributed by atoms with van der Waals surface area (Å²) >= 11 is 0. The van der Waals surface area contributed by atoms with Crippen LogP contribution in [0.15, 0.2) is 18.2 Å². The molecule has 0 bridgehead atoms. The Bertz CT molecular complexity index is 534. The summed E-state index contributed by atoms with van der Waals surface area (Å²) in [5.74, 6) is -0.516. The summed E-state index contributed by atoms with van der Waals surface area (Å²) in [6, 6.07) is 6.36. The molecule has 1 aliphatic rings. The molecule has 2 rings (SSSR count). The molecule has 0 aromatic heterocycles. The molecule has 20 heavy (non-hydrogen) atoms. The molecule has 106 valence electrons. The van der Waals surface area contributed by atoms with E-state index < -0.39 is 5.82 Å². The van der Waals surface area contributed by atoms with E-state index in [9.17, 15) is 9.18 Å². The lowest BCUT2D eigenvalue weighted by Gasteiger charge is -2.35. The van der Waals surface area contributed by atoms with Gasteiger partial charge in [-0.25, -0.2) is 9.18 Å². The molecule has 1 amide bonds. The predicted molar refractivity (Wildman–Crippen MR) is 71.9 cm³/mol. The molecule has 0 aliphatic carbocycles. The van der Waals surface area contributed by atoms with Crippen molar-refractivity contribution >= 4 is 11.8 Å². The van der Waals surface area contributed by atoms with E-state index in [1.54, 1.807) is 24.0 Å². The van der Waals surface area contributed by atoms with Crippen LogP contribution in [0.1, 0.15) is 12.5 Å². The fourth-order valence-corrected chi connectivity index (χ4v) is 2.15. The quantitative estimate of drug-likeness (QED) is 0.829. The van der Waals surface area contributed by atoms with E-state index in [0.29, 0.717) is 32.8 Å². The highest BCUT2D eigenvalue weighted by Crippen LogP contribution is 2.20. The van der Waals surface area contributed by atoms with Gasteiger partial charge in [0.1, 0.15) is 11.9 Å². The van der Waals surface area contributed by atoms with Crippen LogP contribution >= 0.6 is 0 Å². The molecule has 1 aromatic carbocycles. The molecular weight excluding hydrogens is 261 g/mol. The van der Waals surface area contributed by atoms with Crippen molar-refractivity contribution in [2.24, 2.45) is 0 Å². The number of nitrogens with zero attached hydrogens (tertiary/aromatic N) is 3. The van der Waals surface area contributed by atoms with Crippen LogP contribution in [0.2, 0.25) is 0 Å². The number of hydrogen-bond acceptors (Lipinski definition) is 4. The van der Waals surface area contributed by atoms with E-state index in [1.165, 1.54) is 12.1 Å². The Balaban J connectivity index is 1.99. The third kappa shape index (κ3) is 2.99. The maximum absolute atomic E-state index is 13.6. The lowest BCUT2D eigenvalue weighted by molar-refractivity contribution is 0.105. The van der Waals surface area contributed by atoms with Crippen molar-refractivity contribution in [3.8, 4) is 6.07 Å². The molecule has 0 spiro atoms. The lowest BCUT2D eigenvalue weighted by Crippen LogP contribution is -2.49. The van der Waals surface area contributed by atoms with E-state index in [2.05, 4.69) is 0 Å². The van der Waals surface area contributed by atoms with E-state index in [1.807, 2.05) is 4.90 Å². The molecular formula is C14H16FN3O2. The number of hydrogen-bond donors (Lipinski definition) is 0. The second-order valence-corrected chi connectivity index (χ2v) is 4.45. The Morgan fingerprint density at radius 3 is 2.65 bits per heavy atom. The first-order valence-electron chi connectivity index (χ1n) is 6.52. The van der Waals surface area contributed by atoms with Crippen LogP contribution in [0.5, 0.6) is 0 Å². The molecule has 0 unspecified atom stereocenters. The summed E-state index contributed by atoms with van der Waals surface area (Å²) < 4.78 is 18.5. The Hall–Kier alpha value is -2.29. The van der Waals surface area contributed by atoms with Gasteiger partial charge < -0.3 is 14.5 Å². The Morgan fingerprint density at radius 1 is 1.40 bits per heavy atom. The molecule has 5 nitrogen and oxygen atoms in total. The lowest BCUT2D eigenvalue weighted by atomic mass is 10.2. The standard InChI is InChI=1S/C14H16FN3O2/c1-2-20-14(19)18-7-5-17(6-8-18)12-4-3-11(10-16)13(15)9-12/h3-4,9H,2,5-8H2,1H3. The first-order chi connectivity index (χ1) is 9.65. The average molecular weight is 277 g/mol. The maximum Gasteiger partial charge on any atom is 0.409 e. The van der Waals surface area contributed by atoms with Crippen LogP contribution in [0.4, 0.5) is 14.9 Å². The zero-order chi connectivity index (χ0) is 14.5. The van der Waals surface area contributed by atoms with Crippen molar-refractivity contribution in [2.75, 3.05) is 37.7 Å². The Kier molecular flexibility index (Phi) is 4.41. The molecule has 0 saturated carbocycles. The maximum atomic E-state index is 13.6. The third-order valence-electron chi connectivity index (χ3n) is 3.24. The molecule has 1 fully saturated rings. The van der Waals surface area contributed by atoms with Crippen molar-refractivity contribution in [3.63, 3.8) is 0 Å². The number of carbonyl (C=O) groups excluding carboxylic acids is 1. The van der Waals surface area contributed by atoms with Gasteiger partial charge in [-0.3, -0.25) is 0 Å². The van der Waals surface area contributed by atoms with E-state index in [0.717, 1.165) is 5.69 Å². The SMILES string of the molecule is CCOC(=O)N1CCN(c2ccc(C#N)c(F)c2)CC1. The van der Waals surface area contributed by atoms with Crippen LogP contribution in [0, 0.1) is 17.1 Å². The number of nitriles is 1. The summed E-state index contributed by atoms with van der Waals surface area (Å²) in [4.78, 5) is 15.2. The van der Waals surface area contributed by atoms with Crippen molar-refractivity contribution < 1.29 is 13.9 Å². The molecule has 1 aromatic rings. The highest BCUT2D eigenvalue weighted by atomic mass is 19.1. The van der Waals surface area contributed by atoms with Crippen LogP contribution in [-0.4, -0.2) is 43.8 Å². The van der Waals surface area contributed by atoms with Gasteiger partial charge in [0.25, 0.3) is 0 Å². The second kappa shape index (κ2) is 6.24. The third-order valence-corrected chi connectivity index (χ3v) is 3.24. The van der Waals surface area contributed by atoms with Gasteiger partial charge >= 0.3 is 6.09 Å². The molecule has 0 radical (unpaired) electrons. The number of carbonyl (C=O) groups is 1. The average Bonchev–Trinajstić information content (AvgIpc) is 2.47. The number of benzene rings is 1. The van der Waals surface area contributed by atoms with Crippen molar-refractivity contribution in [1.82, 2.24) is 4.90 Å². The number of rotatable bonds is 2. The second-order valence-electron chi connectivity index (χ2n) is 4.45. The smallest absolute Gasteiger partial charge is 0.409 e. The largest absolute Gasteiger partial charge is 0.450 e. The molecule has 0 atom stereocenters. The van der Waals surface area contributed by atoms with Crippen LogP contribution in [0.3, 0.4) is 0 Å². The zero-order valence-corrected chi connectivity index (χ0v) is 11.3. The van der Waals surface area contributed by atoms with Crippen LogP contribution in [0.25, 0.3) is 0 Å². The Morgan fingerprint density at radius 2 is 2.10 bits per heavy atom. The minimum atomic E-state index is -0.516. The van der Waals surface area contributed by atoms with E-state index in [-0.39, 0.29) is 11.7 Å². The fraction of sp³-hybridized carbons (Fsp3) is 0.429. The normalized spacial score (nSPS) is 14.8. The monoisotopic (exact) mass is 277 g/mol. The highest BCUT2D eigenvalue weighted by Gasteiger charge is 2.22. The molecule has 1 aliphatic heterocycles. The summed E-state index contributed by atoms with van der Waals surface area (Å²) in [6.07, 6.45) is -0.307. The predicted octanol–water partition coefficient (Wildman–Crippen LogP) is 1.98. The number of halogens is 1.